The van der Waals surface area contributed by atoms with Crippen LogP contribution in [0.15, 0.2) is 48.5 Å². The van der Waals surface area contributed by atoms with Crippen molar-refractivity contribution in [2.24, 2.45) is 5.92 Å². The van der Waals surface area contributed by atoms with Gasteiger partial charge in [0, 0.05) is 5.56 Å². The summed E-state index contributed by atoms with van der Waals surface area (Å²) in [4.78, 5) is 24.5. The second-order valence-electron chi connectivity index (χ2n) is 6.16. The highest BCUT2D eigenvalue weighted by atomic mass is 16.5. The SMILES string of the molecule is COc1ccc(C(=O)NNC(=O)c2ccccc2OCCC(C)C)cc1. The maximum atomic E-state index is 12.4. The number of amides is 2. The van der Waals surface area contributed by atoms with Crippen LogP contribution in [0.25, 0.3) is 0 Å². The van der Waals surface area contributed by atoms with E-state index in [0.717, 1.165) is 6.42 Å². The largest absolute Gasteiger partial charge is 0.497 e. The number of nitrogens with one attached hydrogen (secondary N) is 2. The summed E-state index contributed by atoms with van der Waals surface area (Å²) in [7, 11) is 1.55. The lowest BCUT2D eigenvalue weighted by Gasteiger charge is -2.13. The van der Waals surface area contributed by atoms with E-state index in [-0.39, 0.29) is 0 Å². The zero-order valence-corrected chi connectivity index (χ0v) is 15.2. The second kappa shape index (κ2) is 9.46. The fourth-order valence-electron chi connectivity index (χ4n) is 2.18. The molecule has 2 aromatic carbocycles. The summed E-state index contributed by atoms with van der Waals surface area (Å²) in [6.45, 7) is 4.74. The van der Waals surface area contributed by atoms with Gasteiger partial charge in [0.15, 0.2) is 0 Å². The first kappa shape index (κ1) is 19.3. The molecule has 0 atom stereocenters. The summed E-state index contributed by atoms with van der Waals surface area (Å²) in [5.41, 5.74) is 5.59. The van der Waals surface area contributed by atoms with Crippen LogP contribution < -0.4 is 20.3 Å². The number of carbonyl (C=O) groups excluding carboxylic acids is 2. The van der Waals surface area contributed by atoms with Gasteiger partial charge in [0.1, 0.15) is 11.5 Å². The monoisotopic (exact) mass is 356 g/mol. The molecule has 0 spiro atoms. The third-order valence-electron chi connectivity index (χ3n) is 3.73. The van der Waals surface area contributed by atoms with Crippen molar-refractivity contribution in [3.63, 3.8) is 0 Å². The van der Waals surface area contributed by atoms with Crippen molar-refractivity contribution in [1.82, 2.24) is 10.9 Å². The lowest BCUT2D eigenvalue weighted by atomic mass is 10.1. The average molecular weight is 356 g/mol. The Kier molecular flexibility index (Phi) is 7.02. The predicted molar refractivity (Wildman–Crippen MR) is 99.3 cm³/mol. The molecular weight excluding hydrogens is 332 g/mol. The third-order valence-corrected chi connectivity index (χ3v) is 3.73. The molecule has 0 aliphatic heterocycles. The number of methoxy groups -OCH3 is 1. The van der Waals surface area contributed by atoms with Crippen LogP contribution in [-0.4, -0.2) is 25.5 Å². The van der Waals surface area contributed by atoms with E-state index in [1.165, 1.54) is 0 Å². The van der Waals surface area contributed by atoms with Crippen molar-refractivity contribution >= 4 is 11.8 Å². The van der Waals surface area contributed by atoms with E-state index in [2.05, 4.69) is 24.7 Å². The van der Waals surface area contributed by atoms with E-state index in [9.17, 15) is 9.59 Å². The lowest BCUT2D eigenvalue weighted by Crippen LogP contribution is -2.41. The van der Waals surface area contributed by atoms with Crippen molar-refractivity contribution in [3.8, 4) is 11.5 Å². The van der Waals surface area contributed by atoms with Gasteiger partial charge in [0.25, 0.3) is 11.8 Å². The Morgan fingerprint density at radius 3 is 2.27 bits per heavy atom. The molecule has 26 heavy (non-hydrogen) atoms. The van der Waals surface area contributed by atoms with Gasteiger partial charge in [-0.25, -0.2) is 0 Å². The zero-order chi connectivity index (χ0) is 18.9. The topological polar surface area (TPSA) is 76.7 Å². The highest BCUT2D eigenvalue weighted by Gasteiger charge is 2.14. The van der Waals surface area contributed by atoms with Crippen molar-refractivity contribution in [1.29, 1.82) is 0 Å². The van der Waals surface area contributed by atoms with Crippen LogP contribution in [0.1, 0.15) is 41.0 Å². The van der Waals surface area contributed by atoms with Crippen molar-refractivity contribution < 1.29 is 19.1 Å². The van der Waals surface area contributed by atoms with Crippen LogP contribution in [0.5, 0.6) is 11.5 Å². The highest BCUT2D eigenvalue weighted by molar-refractivity contribution is 6.00. The molecule has 0 aliphatic carbocycles. The number of hydrogen-bond acceptors (Lipinski definition) is 4. The molecule has 0 heterocycles. The molecule has 0 aromatic heterocycles. The van der Waals surface area contributed by atoms with Crippen LogP contribution in [0.2, 0.25) is 0 Å². The molecule has 6 heteroatoms. The first-order chi connectivity index (χ1) is 12.5. The van der Waals surface area contributed by atoms with E-state index in [1.54, 1.807) is 55.6 Å². The normalized spacial score (nSPS) is 10.3. The molecule has 0 radical (unpaired) electrons. The van der Waals surface area contributed by atoms with E-state index in [1.807, 2.05) is 0 Å². The van der Waals surface area contributed by atoms with E-state index < -0.39 is 11.8 Å². The van der Waals surface area contributed by atoms with Crippen molar-refractivity contribution in [2.75, 3.05) is 13.7 Å². The number of para-hydroxylation sites is 1. The minimum Gasteiger partial charge on any atom is -0.497 e. The molecule has 138 valence electrons. The van der Waals surface area contributed by atoms with E-state index in [4.69, 9.17) is 9.47 Å². The number of ether oxygens (including phenoxy) is 2. The quantitative estimate of drug-likeness (QED) is 0.747. The molecule has 2 rings (SSSR count). The summed E-state index contributed by atoms with van der Waals surface area (Å²) in [6, 6.07) is 13.5. The number of carbonyl (C=O) groups is 2. The van der Waals surface area contributed by atoms with Gasteiger partial charge in [-0.1, -0.05) is 26.0 Å². The van der Waals surface area contributed by atoms with Gasteiger partial charge < -0.3 is 9.47 Å². The third kappa shape index (κ3) is 5.51. The molecule has 0 bridgehead atoms. The number of hydrogen-bond donors (Lipinski definition) is 2. The second-order valence-corrected chi connectivity index (χ2v) is 6.16. The van der Waals surface area contributed by atoms with Crippen LogP contribution in [0, 0.1) is 5.92 Å². The smallest absolute Gasteiger partial charge is 0.273 e. The molecule has 2 N–H and O–H groups in total. The molecule has 0 saturated heterocycles. The Morgan fingerprint density at radius 2 is 1.62 bits per heavy atom. The summed E-state index contributed by atoms with van der Waals surface area (Å²) in [5.74, 6) is 0.799. The van der Waals surface area contributed by atoms with Crippen LogP contribution >= 0.6 is 0 Å². The van der Waals surface area contributed by atoms with E-state index >= 15 is 0 Å². The predicted octanol–water partition coefficient (Wildman–Crippen LogP) is 3.19. The summed E-state index contributed by atoms with van der Waals surface area (Å²) >= 11 is 0. The first-order valence-electron chi connectivity index (χ1n) is 8.48. The van der Waals surface area contributed by atoms with Crippen molar-refractivity contribution in [3.05, 3.63) is 59.7 Å². The number of benzene rings is 2. The van der Waals surface area contributed by atoms with Gasteiger partial charge in [-0.15, -0.1) is 0 Å². The maximum absolute atomic E-state index is 12.4. The number of rotatable bonds is 7. The average Bonchev–Trinajstić information content (AvgIpc) is 2.66. The van der Waals surface area contributed by atoms with Crippen LogP contribution in [-0.2, 0) is 0 Å². The van der Waals surface area contributed by atoms with Gasteiger partial charge in [-0.05, 0) is 48.7 Å². The molecule has 6 nitrogen and oxygen atoms in total. The summed E-state index contributed by atoms with van der Waals surface area (Å²) in [5, 5.41) is 0. The molecule has 0 saturated carbocycles. The number of hydrazine groups is 1. The summed E-state index contributed by atoms with van der Waals surface area (Å²) < 4.78 is 10.7. The summed E-state index contributed by atoms with van der Waals surface area (Å²) in [6.07, 6.45) is 0.893. The maximum Gasteiger partial charge on any atom is 0.273 e. The lowest BCUT2D eigenvalue weighted by molar-refractivity contribution is 0.0844. The minimum atomic E-state index is -0.438. The van der Waals surface area contributed by atoms with Crippen LogP contribution in [0.4, 0.5) is 0 Å². The molecule has 0 aliphatic rings. The Hall–Kier alpha value is -3.02. The molecule has 0 unspecified atom stereocenters. The van der Waals surface area contributed by atoms with Crippen LogP contribution in [0.3, 0.4) is 0 Å². The molecule has 2 aromatic rings. The fourth-order valence-corrected chi connectivity index (χ4v) is 2.18. The highest BCUT2D eigenvalue weighted by Crippen LogP contribution is 2.18. The van der Waals surface area contributed by atoms with Gasteiger partial charge in [-0.2, -0.15) is 0 Å². The van der Waals surface area contributed by atoms with E-state index in [0.29, 0.717) is 35.2 Å². The Morgan fingerprint density at radius 1 is 0.962 bits per heavy atom. The Bertz CT molecular complexity index is 742. The van der Waals surface area contributed by atoms with Gasteiger partial charge in [0.05, 0.1) is 19.3 Å². The Labute approximate surface area is 153 Å². The zero-order valence-electron chi connectivity index (χ0n) is 15.2. The molecular formula is C20H24N2O4. The fraction of sp³-hybridized carbons (Fsp3) is 0.300. The standard InChI is InChI=1S/C20H24N2O4/c1-14(2)12-13-26-18-7-5-4-6-17(18)20(24)22-21-19(23)15-8-10-16(25-3)11-9-15/h4-11,14H,12-13H2,1-3H3,(H,21,23)(H,22,24). The molecule has 2 amide bonds. The first-order valence-corrected chi connectivity index (χ1v) is 8.48. The van der Waals surface area contributed by atoms with Crippen molar-refractivity contribution in [2.45, 2.75) is 20.3 Å². The minimum absolute atomic E-state index is 0.367. The van der Waals surface area contributed by atoms with Gasteiger partial charge >= 0.3 is 0 Å². The van der Waals surface area contributed by atoms with Gasteiger partial charge in [0.2, 0.25) is 0 Å². The molecule has 0 fully saturated rings. The van der Waals surface area contributed by atoms with Gasteiger partial charge in [-0.3, -0.25) is 20.4 Å². The Balaban J connectivity index is 1.95.